The van der Waals surface area contributed by atoms with Crippen molar-refractivity contribution in [2.24, 2.45) is 0 Å². The molecular formula is C22H24N2OS. The molecule has 134 valence electrons. The topological polar surface area (TPSA) is 32.3 Å². The summed E-state index contributed by atoms with van der Waals surface area (Å²) in [6.07, 6.45) is 6.38. The van der Waals surface area contributed by atoms with Crippen LogP contribution in [0, 0.1) is 6.92 Å². The lowest BCUT2D eigenvalue weighted by Gasteiger charge is -2.40. The minimum Gasteiger partial charge on any atom is -0.335 e. The molecule has 2 aliphatic heterocycles. The SMILES string of the molecule is CSc1ccc(/C=C/[C@@]23NC(=O)CN2c2ccc(C)cc2C3(C)C)cc1. The van der Waals surface area contributed by atoms with E-state index in [0.29, 0.717) is 6.54 Å². The fourth-order valence-corrected chi connectivity index (χ4v) is 4.63. The van der Waals surface area contributed by atoms with E-state index in [1.165, 1.54) is 16.0 Å². The fraction of sp³-hybridized carbons (Fsp3) is 0.318. The van der Waals surface area contributed by atoms with Crippen molar-refractivity contribution in [3.63, 3.8) is 0 Å². The van der Waals surface area contributed by atoms with E-state index in [-0.39, 0.29) is 11.3 Å². The van der Waals surface area contributed by atoms with Gasteiger partial charge >= 0.3 is 0 Å². The van der Waals surface area contributed by atoms with Gasteiger partial charge in [0.1, 0.15) is 5.66 Å². The van der Waals surface area contributed by atoms with Gasteiger partial charge in [-0.1, -0.05) is 49.8 Å². The first kappa shape index (κ1) is 17.2. The summed E-state index contributed by atoms with van der Waals surface area (Å²) in [6, 6.07) is 15.0. The zero-order valence-electron chi connectivity index (χ0n) is 15.7. The molecule has 26 heavy (non-hydrogen) atoms. The molecule has 1 atom stereocenters. The van der Waals surface area contributed by atoms with Gasteiger partial charge in [0.05, 0.1) is 6.54 Å². The van der Waals surface area contributed by atoms with E-state index in [0.717, 1.165) is 11.3 Å². The lowest BCUT2D eigenvalue weighted by atomic mass is 9.75. The van der Waals surface area contributed by atoms with Crippen molar-refractivity contribution in [3.8, 4) is 0 Å². The second kappa shape index (κ2) is 5.92. The van der Waals surface area contributed by atoms with E-state index < -0.39 is 5.66 Å². The summed E-state index contributed by atoms with van der Waals surface area (Å²) in [4.78, 5) is 15.8. The predicted molar refractivity (Wildman–Crippen MR) is 110 cm³/mol. The third kappa shape index (κ3) is 2.39. The number of benzene rings is 2. The summed E-state index contributed by atoms with van der Waals surface area (Å²) >= 11 is 1.74. The van der Waals surface area contributed by atoms with Gasteiger partial charge in [-0.05, 0) is 48.6 Å². The Morgan fingerprint density at radius 2 is 1.88 bits per heavy atom. The Kier molecular flexibility index (Phi) is 3.92. The molecule has 0 aliphatic carbocycles. The molecule has 0 aromatic heterocycles. The summed E-state index contributed by atoms with van der Waals surface area (Å²) in [5.41, 5.74) is 4.08. The van der Waals surface area contributed by atoms with Crippen LogP contribution in [0.4, 0.5) is 5.69 Å². The molecule has 1 N–H and O–H groups in total. The van der Waals surface area contributed by atoms with Gasteiger partial charge in [-0.25, -0.2) is 0 Å². The molecule has 2 aromatic rings. The molecule has 1 saturated heterocycles. The van der Waals surface area contributed by atoms with Crippen LogP contribution < -0.4 is 10.2 Å². The summed E-state index contributed by atoms with van der Waals surface area (Å²) in [6.45, 7) is 6.96. The number of aryl methyl sites for hydroxylation is 1. The van der Waals surface area contributed by atoms with Gasteiger partial charge in [-0.2, -0.15) is 0 Å². The van der Waals surface area contributed by atoms with Gasteiger partial charge in [0.25, 0.3) is 0 Å². The molecule has 4 heteroatoms. The standard InChI is InChI=1S/C22H24N2OS/c1-15-5-10-19-18(13-15)21(2,3)22(23-20(25)14-24(19)22)12-11-16-6-8-17(26-4)9-7-16/h5-13H,14H2,1-4H3,(H,23,25)/b12-11+/t22-/m1/s1. The van der Waals surface area contributed by atoms with E-state index in [1.54, 1.807) is 11.8 Å². The Hall–Kier alpha value is -2.20. The number of amides is 1. The van der Waals surface area contributed by atoms with Gasteiger partial charge < -0.3 is 10.2 Å². The van der Waals surface area contributed by atoms with Crippen LogP contribution in [0.5, 0.6) is 0 Å². The highest BCUT2D eigenvalue weighted by molar-refractivity contribution is 7.98. The Balaban J connectivity index is 1.79. The molecule has 2 heterocycles. The Bertz CT molecular complexity index is 901. The lowest BCUT2D eigenvalue weighted by molar-refractivity contribution is -0.118. The van der Waals surface area contributed by atoms with Crippen LogP contribution in [0.2, 0.25) is 0 Å². The average molecular weight is 365 g/mol. The Labute approximate surface area is 159 Å². The molecule has 0 radical (unpaired) electrons. The van der Waals surface area contributed by atoms with Gasteiger partial charge in [-0.3, -0.25) is 4.79 Å². The van der Waals surface area contributed by atoms with E-state index in [2.05, 4.69) is 91.9 Å². The van der Waals surface area contributed by atoms with Crippen molar-refractivity contribution in [3.05, 3.63) is 65.2 Å². The van der Waals surface area contributed by atoms with Gasteiger partial charge in [0.15, 0.2) is 0 Å². The van der Waals surface area contributed by atoms with Crippen LogP contribution in [0.1, 0.15) is 30.5 Å². The second-order valence-electron chi connectivity index (χ2n) is 7.65. The molecule has 4 rings (SSSR count). The number of fused-ring (bicyclic) bond motifs is 3. The minimum absolute atomic E-state index is 0.0756. The molecule has 0 bridgehead atoms. The highest BCUT2D eigenvalue weighted by atomic mass is 32.2. The molecule has 2 aromatic carbocycles. The smallest absolute Gasteiger partial charge is 0.241 e. The van der Waals surface area contributed by atoms with E-state index in [1.807, 2.05) is 0 Å². The number of nitrogens with zero attached hydrogens (tertiary/aromatic N) is 1. The third-order valence-electron chi connectivity index (χ3n) is 5.76. The molecule has 0 saturated carbocycles. The normalized spacial score (nSPS) is 23.2. The van der Waals surface area contributed by atoms with Crippen molar-refractivity contribution in [2.75, 3.05) is 17.7 Å². The summed E-state index contributed by atoms with van der Waals surface area (Å²) in [5, 5.41) is 3.27. The average Bonchev–Trinajstić information content (AvgIpc) is 3.05. The first-order valence-corrected chi connectivity index (χ1v) is 10.1. The molecule has 0 spiro atoms. The van der Waals surface area contributed by atoms with Crippen molar-refractivity contribution in [1.82, 2.24) is 5.32 Å². The molecule has 1 fully saturated rings. The Morgan fingerprint density at radius 1 is 1.15 bits per heavy atom. The first-order valence-electron chi connectivity index (χ1n) is 8.90. The maximum Gasteiger partial charge on any atom is 0.241 e. The number of rotatable bonds is 3. The van der Waals surface area contributed by atoms with Crippen LogP contribution in [-0.4, -0.2) is 24.4 Å². The number of anilines is 1. The fourth-order valence-electron chi connectivity index (χ4n) is 4.22. The summed E-state index contributed by atoms with van der Waals surface area (Å²) < 4.78 is 0. The number of hydrogen-bond donors (Lipinski definition) is 1. The van der Waals surface area contributed by atoms with Crippen molar-refractivity contribution >= 4 is 29.4 Å². The van der Waals surface area contributed by atoms with Gasteiger partial charge in [0, 0.05) is 16.0 Å². The van der Waals surface area contributed by atoms with Crippen LogP contribution in [0.3, 0.4) is 0 Å². The van der Waals surface area contributed by atoms with Crippen molar-refractivity contribution in [1.29, 1.82) is 0 Å². The van der Waals surface area contributed by atoms with Crippen LogP contribution in [-0.2, 0) is 10.2 Å². The number of nitrogens with one attached hydrogen (secondary N) is 1. The van der Waals surface area contributed by atoms with Gasteiger partial charge in [0.2, 0.25) is 5.91 Å². The molecular weight excluding hydrogens is 340 g/mol. The van der Waals surface area contributed by atoms with Gasteiger partial charge in [-0.15, -0.1) is 11.8 Å². The predicted octanol–water partition coefficient (Wildman–Crippen LogP) is 4.35. The van der Waals surface area contributed by atoms with Crippen LogP contribution >= 0.6 is 11.8 Å². The molecule has 2 aliphatic rings. The number of carbonyl (C=O) groups is 1. The maximum atomic E-state index is 12.3. The lowest BCUT2D eigenvalue weighted by Crippen LogP contribution is -2.58. The summed E-state index contributed by atoms with van der Waals surface area (Å²) in [7, 11) is 0. The van der Waals surface area contributed by atoms with Crippen molar-refractivity contribution < 1.29 is 4.79 Å². The Morgan fingerprint density at radius 3 is 2.58 bits per heavy atom. The van der Waals surface area contributed by atoms with Crippen LogP contribution in [0.25, 0.3) is 6.08 Å². The zero-order valence-corrected chi connectivity index (χ0v) is 16.5. The monoisotopic (exact) mass is 364 g/mol. The molecule has 1 amide bonds. The highest BCUT2D eigenvalue weighted by Gasteiger charge is 2.59. The largest absolute Gasteiger partial charge is 0.335 e. The highest BCUT2D eigenvalue weighted by Crippen LogP contribution is 2.53. The van der Waals surface area contributed by atoms with Crippen LogP contribution in [0.15, 0.2) is 53.4 Å². The zero-order chi connectivity index (χ0) is 18.5. The molecule has 0 unspecified atom stereocenters. The number of carbonyl (C=O) groups excluding carboxylic acids is 1. The number of hydrogen-bond acceptors (Lipinski definition) is 3. The second-order valence-corrected chi connectivity index (χ2v) is 8.53. The summed E-state index contributed by atoms with van der Waals surface area (Å²) in [5.74, 6) is 0.0756. The minimum atomic E-state index is -0.529. The quantitative estimate of drug-likeness (QED) is 0.822. The van der Waals surface area contributed by atoms with E-state index in [9.17, 15) is 4.79 Å². The molecule has 3 nitrogen and oxygen atoms in total. The van der Waals surface area contributed by atoms with E-state index >= 15 is 0 Å². The van der Waals surface area contributed by atoms with E-state index in [4.69, 9.17) is 0 Å². The maximum absolute atomic E-state index is 12.3. The third-order valence-corrected chi connectivity index (χ3v) is 6.50. The van der Waals surface area contributed by atoms with Crippen molar-refractivity contribution in [2.45, 2.75) is 36.7 Å². The first-order chi connectivity index (χ1) is 12.4. The number of thioether (sulfide) groups is 1.